The van der Waals surface area contributed by atoms with Crippen molar-refractivity contribution in [3.05, 3.63) is 65.2 Å². The molecule has 4 nitrogen and oxygen atoms in total. The minimum Gasteiger partial charge on any atom is -0.481 e. The van der Waals surface area contributed by atoms with Gasteiger partial charge in [0, 0.05) is 12.6 Å². The molecule has 0 bridgehead atoms. The first-order valence-electron chi connectivity index (χ1n) is 7.91. The van der Waals surface area contributed by atoms with Crippen LogP contribution in [0.25, 0.3) is 0 Å². The van der Waals surface area contributed by atoms with Crippen molar-refractivity contribution >= 4 is 5.91 Å². The Morgan fingerprint density at radius 1 is 1.20 bits per heavy atom. The maximum Gasteiger partial charge on any atom is 0.263 e. The molecule has 0 aromatic heterocycles. The number of amides is 1. The summed E-state index contributed by atoms with van der Waals surface area (Å²) in [4.78, 5) is 13.9. The molecule has 0 fully saturated rings. The van der Waals surface area contributed by atoms with Gasteiger partial charge in [0.25, 0.3) is 5.91 Å². The van der Waals surface area contributed by atoms with Gasteiger partial charge in [0.15, 0.2) is 6.10 Å². The van der Waals surface area contributed by atoms with Crippen LogP contribution in [-0.2, 0) is 11.4 Å². The quantitative estimate of drug-likeness (QED) is 0.869. The molecule has 0 aliphatic rings. The van der Waals surface area contributed by atoms with Gasteiger partial charge in [-0.1, -0.05) is 12.1 Å². The highest BCUT2D eigenvalue weighted by molar-refractivity contribution is 5.81. The third-order valence-electron chi connectivity index (χ3n) is 4.08. The number of aliphatic hydroxyl groups excluding tert-OH is 1. The molecule has 25 heavy (non-hydrogen) atoms. The van der Waals surface area contributed by atoms with E-state index in [0.717, 1.165) is 18.2 Å². The zero-order chi connectivity index (χ0) is 18.6. The number of carbonyl (C=O) groups is 1. The molecule has 0 heterocycles. The maximum absolute atomic E-state index is 13.9. The average Bonchev–Trinajstić information content (AvgIpc) is 2.61. The molecule has 2 aromatic carbocycles. The van der Waals surface area contributed by atoms with Crippen LogP contribution in [0.4, 0.5) is 8.78 Å². The molecule has 0 spiro atoms. The fraction of sp³-hybridized carbons (Fsp3) is 0.316. The number of rotatable bonds is 6. The molecule has 0 aliphatic carbocycles. The number of carbonyl (C=O) groups excluding carboxylic acids is 1. The van der Waals surface area contributed by atoms with Crippen LogP contribution < -0.4 is 4.74 Å². The van der Waals surface area contributed by atoms with Crippen molar-refractivity contribution < 1.29 is 23.4 Å². The van der Waals surface area contributed by atoms with E-state index in [1.807, 2.05) is 0 Å². The fourth-order valence-corrected chi connectivity index (χ4v) is 2.49. The summed E-state index contributed by atoms with van der Waals surface area (Å²) in [5.74, 6) is -1.05. The van der Waals surface area contributed by atoms with Crippen molar-refractivity contribution in [2.24, 2.45) is 0 Å². The minimum absolute atomic E-state index is 0.102. The Labute approximate surface area is 145 Å². The average molecular weight is 349 g/mol. The maximum atomic E-state index is 13.9. The summed E-state index contributed by atoms with van der Waals surface area (Å²) in [6, 6.07) is 9.27. The number of nitrogens with zero attached hydrogens (tertiary/aromatic N) is 1. The monoisotopic (exact) mass is 349 g/mol. The summed E-state index contributed by atoms with van der Waals surface area (Å²) in [6.45, 7) is 3.07. The van der Waals surface area contributed by atoms with Crippen molar-refractivity contribution in [1.29, 1.82) is 0 Å². The van der Waals surface area contributed by atoms with Crippen molar-refractivity contribution in [3.63, 3.8) is 0 Å². The largest absolute Gasteiger partial charge is 0.481 e. The van der Waals surface area contributed by atoms with Gasteiger partial charge >= 0.3 is 0 Å². The van der Waals surface area contributed by atoms with Crippen molar-refractivity contribution in [2.45, 2.75) is 32.6 Å². The molecule has 0 aliphatic heterocycles. The van der Waals surface area contributed by atoms with Gasteiger partial charge in [-0.05, 0) is 49.7 Å². The summed E-state index contributed by atoms with van der Waals surface area (Å²) in [7, 11) is 1.52. The van der Waals surface area contributed by atoms with Crippen molar-refractivity contribution in [2.75, 3.05) is 7.05 Å². The standard InChI is InChI=1S/C19H21F2NO3/c1-12(17-10-15(20)7-8-18(17)21)22(3)19(24)13(2)25-16-6-4-5-14(9-16)11-23/h4-10,12-13,23H,11H2,1-3H3. The predicted octanol–water partition coefficient (Wildman–Crippen LogP) is 3.44. The lowest BCUT2D eigenvalue weighted by Crippen LogP contribution is -2.39. The Kier molecular flexibility index (Phi) is 6.09. The predicted molar refractivity (Wildman–Crippen MR) is 90.0 cm³/mol. The van der Waals surface area contributed by atoms with Crippen LogP contribution >= 0.6 is 0 Å². The fourth-order valence-electron chi connectivity index (χ4n) is 2.49. The van der Waals surface area contributed by atoms with Gasteiger partial charge in [-0.25, -0.2) is 8.78 Å². The summed E-state index contributed by atoms with van der Waals surface area (Å²) in [5.41, 5.74) is 0.769. The van der Waals surface area contributed by atoms with E-state index in [2.05, 4.69) is 0 Å². The summed E-state index contributed by atoms with van der Waals surface area (Å²) in [5, 5.41) is 9.14. The third kappa shape index (κ3) is 4.54. The first kappa shape index (κ1) is 18.9. The molecule has 134 valence electrons. The number of likely N-dealkylation sites (N-methyl/N-ethyl adjacent to an activating group) is 1. The highest BCUT2D eigenvalue weighted by atomic mass is 19.1. The topological polar surface area (TPSA) is 49.8 Å². The summed E-state index contributed by atoms with van der Waals surface area (Å²) >= 11 is 0. The highest BCUT2D eigenvalue weighted by Crippen LogP contribution is 2.24. The number of ether oxygens (including phenoxy) is 1. The first-order valence-corrected chi connectivity index (χ1v) is 7.91. The Bertz CT molecular complexity index is 751. The minimum atomic E-state index is -0.821. The van der Waals surface area contributed by atoms with Gasteiger partial charge < -0.3 is 14.7 Å². The van der Waals surface area contributed by atoms with Gasteiger partial charge in [-0.15, -0.1) is 0 Å². The Morgan fingerprint density at radius 3 is 2.60 bits per heavy atom. The van der Waals surface area contributed by atoms with Crippen LogP contribution in [0.1, 0.15) is 31.0 Å². The van der Waals surface area contributed by atoms with Crippen LogP contribution in [0.15, 0.2) is 42.5 Å². The second-order valence-corrected chi connectivity index (χ2v) is 5.86. The number of benzene rings is 2. The molecule has 1 N–H and O–H groups in total. The lowest BCUT2D eigenvalue weighted by atomic mass is 10.1. The number of aliphatic hydroxyl groups is 1. The Morgan fingerprint density at radius 2 is 1.92 bits per heavy atom. The van der Waals surface area contributed by atoms with E-state index in [1.54, 1.807) is 38.1 Å². The lowest BCUT2D eigenvalue weighted by Gasteiger charge is -2.28. The number of hydrogen-bond acceptors (Lipinski definition) is 3. The Hall–Kier alpha value is -2.47. The van der Waals surface area contributed by atoms with E-state index in [4.69, 9.17) is 9.84 Å². The van der Waals surface area contributed by atoms with Gasteiger partial charge in [-0.3, -0.25) is 4.79 Å². The molecule has 1 amide bonds. The van der Waals surface area contributed by atoms with Crippen LogP contribution in [0.3, 0.4) is 0 Å². The molecule has 0 saturated carbocycles. The van der Waals surface area contributed by atoms with E-state index in [9.17, 15) is 13.6 Å². The molecule has 2 aromatic rings. The third-order valence-corrected chi connectivity index (χ3v) is 4.08. The molecular formula is C19H21F2NO3. The number of halogens is 2. The molecule has 2 unspecified atom stereocenters. The molecular weight excluding hydrogens is 328 g/mol. The van der Waals surface area contributed by atoms with E-state index in [0.29, 0.717) is 11.3 Å². The lowest BCUT2D eigenvalue weighted by molar-refractivity contribution is -0.138. The van der Waals surface area contributed by atoms with E-state index in [-0.39, 0.29) is 18.1 Å². The molecule has 2 atom stereocenters. The van der Waals surface area contributed by atoms with Crippen LogP contribution in [0.5, 0.6) is 5.75 Å². The second-order valence-electron chi connectivity index (χ2n) is 5.86. The second kappa shape index (κ2) is 8.07. The smallest absolute Gasteiger partial charge is 0.263 e. The van der Waals surface area contributed by atoms with Crippen LogP contribution in [0.2, 0.25) is 0 Å². The normalized spacial score (nSPS) is 13.2. The highest BCUT2D eigenvalue weighted by Gasteiger charge is 2.25. The van der Waals surface area contributed by atoms with Crippen LogP contribution in [0, 0.1) is 11.6 Å². The van der Waals surface area contributed by atoms with E-state index in [1.165, 1.54) is 11.9 Å². The van der Waals surface area contributed by atoms with Crippen molar-refractivity contribution in [1.82, 2.24) is 4.90 Å². The van der Waals surface area contributed by atoms with E-state index >= 15 is 0 Å². The van der Waals surface area contributed by atoms with Crippen molar-refractivity contribution in [3.8, 4) is 5.75 Å². The van der Waals surface area contributed by atoms with Crippen LogP contribution in [-0.4, -0.2) is 29.1 Å². The first-order chi connectivity index (χ1) is 11.8. The molecule has 0 saturated heterocycles. The molecule has 0 radical (unpaired) electrons. The summed E-state index contributed by atoms with van der Waals surface area (Å²) in [6.07, 6.45) is -0.821. The number of hydrogen-bond donors (Lipinski definition) is 1. The van der Waals surface area contributed by atoms with Gasteiger partial charge in [0.2, 0.25) is 0 Å². The Balaban J connectivity index is 2.11. The zero-order valence-electron chi connectivity index (χ0n) is 14.4. The molecule has 6 heteroatoms. The summed E-state index contributed by atoms with van der Waals surface area (Å²) < 4.78 is 32.9. The van der Waals surface area contributed by atoms with E-state index < -0.39 is 23.8 Å². The van der Waals surface area contributed by atoms with Gasteiger partial charge in [0.1, 0.15) is 17.4 Å². The van der Waals surface area contributed by atoms with Gasteiger partial charge in [-0.2, -0.15) is 0 Å². The zero-order valence-corrected chi connectivity index (χ0v) is 14.4. The molecule has 2 rings (SSSR count). The SMILES string of the molecule is CC(Oc1cccc(CO)c1)C(=O)N(C)C(C)c1cc(F)ccc1F. The van der Waals surface area contributed by atoms with Gasteiger partial charge in [0.05, 0.1) is 12.6 Å².